The van der Waals surface area contributed by atoms with Gasteiger partial charge in [-0.25, -0.2) is 0 Å². The van der Waals surface area contributed by atoms with E-state index >= 15 is 0 Å². The molecule has 1 N–H and O–H groups in total. The van der Waals surface area contributed by atoms with Crippen LogP contribution in [0, 0.1) is 0 Å². The topological polar surface area (TPSA) is 54.4 Å². The number of rotatable bonds is 1. The molecule has 52 valence electrons. The summed E-state index contributed by atoms with van der Waals surface area (Å²) in [6, 6.07) is 0. The molecule has 0 bridgehead atoms. The van der Waals surface area contributed by atoms with Gasteiger partial charge in [0.15, 0.2) is 0 Å². The van der Waals surface area contributed by atoms with Crippen LogP contribution in [0.3, 0.4) is 0 Å². The largest absolute Gasteiger partial charge is 0.285 e. The normalized spacial score (nSPS) is 26.9. The standard InChI is InChI=1S/C5H8O3S/c1-4-2-3-5(4)9(6,7)8/h2,5H,3H2,1H3,(H,6,7,8). The van der Waals surface area contributed by atoms with Crippen LogP contribution in [0.2, 0.25) is 0 Å². The Morgan fingerprint density at radius 2 is 2.33 bits per heavy atom. The summed E-state index contributed by atoms with van der Waals surface area (Å²) in [6.45, 7) is 1.70. The summed E-state index contributed by atoms with van der Waals surface area (Å²) >= 11 is 0. The molecule has 4 heteroatoms. The lowest BCUT2D eigenvalue weighted by molar-refractivity contribution is 0.469. The Hall–Kier alpha value is -0.350. The van der Waals surface area contributed by atoms with Crippen molar-refractivity contribution in [2.45, 2.75) is 18.6 Å². The first-order valence-electron chi connectivity index (χ1n) is 2.65. The van der Waals surface area contributed by atoms with E-state index in [0.717, 1.165) is 5.57 Å². The molecule has 0 aromatic rings. The fourth-order valence-electron chi connectivity index (χ4n) is 0.806. The fraction of sp³-hybridized carbons (Fsp3) is 0.600. The predicted molar refractivity (Wildman–Crippen MR) is 33.7 cm³/mol. The van der Waals surface area contributed by atoms with Gasteiger partial charge in [-0.3, -0.25) is 4.55 Å². The van der Waals surface area contributed by atoms with Crippen LogP contribution in [0.5, 0.6) is 0 Å². The van der Waals surface area contributed by atoms with Gasteiger partial charge in [0.2, 0.25) is 0 Å². The third-order valence-corrected chi connectivity index (χ3v) is 2.80. The van der Waals surface area contributed by atoms with Crippen LogP contribution in [-0.2, 0) is 10.1 Å². The fourth-order valence-corrected chi connectivity index (χ4v) is 1.71. The molecule has 0 aliphatic heterocycles. The number of hydrogen-bond donors (Lipinski definition) is 1. The van der Waals surface area contributed by atoms with Crippen LogP contribution >= 0.6 is 0 Å². The Labute approximate surface area is 54.1 Å². The summed E-state index contributed by atoms with van der Waals surface area (Å²) in [4.78, 5) is 0. The molecule has 1 aliphatic rings. The van der Waals surface area contributed by atoms with Crippen molar-refractivity contribution >= 4 is 10.1 Å². The Morgan fingerprint density at radius 3 is 2.33 bits per heavy atom. The van der Waals surface area contributed by atoms with Crippen molar-refractivity contribution in [1.29, 1.82) is 0 Å². The molecule has 0 radical (unpaired) electrons. The Kier molecular flexibility index (Phi) is 1.36. The third-order valence-electron chi connectivity index (χ3n) is 1.52. The maximum absolute atomic E-state index is 10.3. The molecule has 0 saturated heterocycles. The van der Waals surface area contributed by atoms with E-state index in [2.05, 4.69) is 0 Å². The minimum Gasteiger partial charge on any atom is -0.285 e. The maximum Gasteiger partial charge on any atom is 0.271 e. The van der Waals surface area contributed by atoms with Crippen LogP contribution in [0.25, 0.3) is 0 Å². The highest BCUT2D eigenvalue weighted by molar-refractivity contribution is 7.86. The van der Waals surface area contributed by atoms with Crippen molar-refractivity contribution < 1.29 is 13.0 Å². The molecule has 0 spiro atoms. The zero-order valence-corrected chi connectivity index (χ0v) is 5.85. The van der Waals surface area contributed by atoms with E-state index in [1.54, 1.807) is 13.0 Å². The van der Waals surface area contributed by atoms with Crippen molar-refractivity contribution in [1.82, 2.24) is 0 Å². The maximum atomic E-state index is 10.3. The van der Waals surface area contributed by atoms with Gasteiger partial charge in [0, 0.05) is 0 Å². The molecule has 1 rings (SSSR count). The van der Waals surface area contributed by atoms with Gasteiger partial charge in [0.1, 0.15) is 5.25 Å². The number of allylic oxidation sites excluding steroid dienone is 1. The van der Waals surface area contributed by atoms with Gasteiger partial charge >= 0.3 is 0 Å². The second kappa shape index (κ2) is 1.82. The van der Waals surface area contributed by atoms with Crippen molar-refractivity contribution in [3.8, 4) is 0 Å². The van der Waals surface area contributed by atoms with Crippen molar-refractivity contribution in [3.05, 3.63) is 11.6 Å². The molecular weight excluding hydrogens is 140 g/mol. The molecule has 0 aromatic heterocycles. The van der Waals surface area contributed by atoms with Gasteiger partial charge in [0.25, 0.3) is 10.1 Å². The zero-order chi connectivity index (χ0) is 7.07. The van der Waals surface area contributed by atoms with E-state index in [0.29, 0.717) is 6.42 Å². The van der Waals surface area contributed by atoms with Gasteiger partial charge in [-0.1, -0.05) is 11.6 Å². The van der Waals surface area contributed by atoms with E-state index in [4.69, 9.17) is 4.55 Å². The van der Waals surface area contributed by atoms with E-state index in [-0.39, 0.29) is 0 Å². The highest BCUT2D eigenvalue weighted by atomic mass is 32.2. The number of hydrogen-bond acceptors (Lipinski definition) is 2. The van der Waals surface area contributed by atoms with Crippen LogP contribution in [0.15, 0.2) is 11.6 Å². The van der Waals surface area contributed by atoms with E-state index < -0.39 is 15.4 Å². The summed E-state index contributed by atoms with van der Waals surface area (Å²) in [5.74, 6) is 0. The lowest BCUT2D eigenvalue weighted by Crippen LogP contribution is -2.26. The predicted octanol–water partition coefficient (Wildman–Crippen LogP) is 0.593. The monoisotopic (exact) mass is 148 g/mol. The molecule has 3 nitrogen and oxygen atoms in total. The van der Waals surface area contributed by atoms with Gasteiger partial charge < -0.3 is 0 Å². The molecule has 1 unspecified atom stereocenters. The van der Waals surface area contributed by atoms with Crippen LogP contribution in [0.4, 0.5) is 0 Å². The average Bonchev–Trinajstić information content (AvgIpc) is 1.57. The van der Waals surface area contributed by atoms with Crippen LogP contribution in [-0.4, -0.2) is 18.2 Å². The van der Waals surface area contributed by atoms with Crippen LogP contribution < -0.4 is 0 Å². The smallest absolute Gasteiger partial charge is 0.271 e. The minimum atomic E-state index is -3.78. The van der Waals surface area contributed by atoms with E-state index in [1.807, 2.05) is 0 Å². The zero-order valence-electron chi connectivity index (χ0n) is 5.03. The van der Waals surface area contributed by atoms with Crippen molar-refractivity contribution in [2.75, 3.05) is 0 Å². The second-order valence-corrected chi connectivity index (χ2v) is 3.79. The molecular formula is C5H8O3S. The quantitative estimate of drug-likeness (QED) is 0.437. The molecule has 1 atom stereocenters. The van der Waals surface area contributed by atoms with Crippen LogP contribution in [0.1, 0.15) is 13.3 Å². The lowest BCUT2D eigenvalue weighted by atomic mass is 10.0. The Morgan fingerprint density at radius 1 is 1.78 bits per heavy atom. The summed E-state index contributed by atoms with van der Waals surface area (Å²) in [5.41, 5.74) is 0.748. The summed E-state index contributed by atoms with van der Waals surface area (Å²) in [7, 11) is -3.78. The van der Waals surface area contributed by atoms with Crippen molar-refractivity contribution in [2.24, 2.45) is 0 Å². The lowest BCUT2D eigenvalue weighted by Gasteiger charge is -2.20. The Bertz CT molecular complexity index is 237. The molecule has 0 aromatic carbocycles. The molecule has 0 heterocycles. The first kappa shape index (κ1) is 6.77. The van der Waals surface area contributed by atoms with E-state index in [1.165, 1.54) is 0 Å². The molecule has 0 amide bonds. The third kappa shape index (κ3) is 1.14. The van der Waals surface area contributed by atoms with E-state index in [9.17, 15) is 8.42 Å². The minimum absolute atomic E-state index is 0.463. The van der Waals surface area contributed by atoms with Crippen molar-refractivity contribution in [3.63, 3.8) is 0 Å². The second-order valence-electron chi connectivity index (χ2n) is 2.19. The van der Waals surface area contributed by atoms with Gasteiger partial charge in [-0.05, 0) is 13.3 Å². The highest BCUT2D eigenvalue weighted by Gasteiger charge is 2.29. The summed E-state index contributed by atoms with van der Waals surface area (Å²) in [6.07, 6.45) is 2.25. The first-order chi connectivity index (χ1) is 4.02. The molecule has 1 aliphatic carbocycles. The van der Waals surface area contributed by atoms with Gasteiger partial charge in [0.05, 0.1) is 0 Å². The summed E-state index contributed by atoms with van der Waals surface area (Å²) in [5, 5.41) is -0.613. The average molecular weight is 148 g/mol. The highest BCUT2D eigenvalue weighted by Crippen LogP contribution is 2.24. The molecule has 0 fully saturated rings. The summed E-state index contributed by atoms with van der Waals surface area (Å²) < 4.78 is 29.1. The first-order valence-corrected chi connectivity index (χ1v) is 4.15. The van der Waals surface area contributed by atoms with Gasteiger partial charge in [-0.2, -0.15) is 8.42 Å². The van der Waals surface area contributed by atoms with Gasteiger partial charge in [-0.15, -0.1) is 0 Å². The molecule has 9 heavy (non-hydrogen) atoms. The Balaban J connectivity index is 2.82. The molecule has 0 saturated carbocycles. The SMILES string of the molecule is CC1=CCC1S(=O)(=O)O.